The van der Waals surface area contributed by atoms with E-state index in [9.17, 15) is 4.39 Å². The first-order valence-corrected chi connectivity index (χ1v) is 12.5. The van der Waals surface area contributed by atoms with Crippen molar-refractivity contribution in [1.29, 1.82) is 0 Å². The van der Waals surface area contributed by atoms with Crippen molar-refractivity contribution < 1.29 is 13.7 Å². The minimum Gasteiger partial charge on any atom is -0.477 e. The van der Waals surface area contributed by atoms with Crippen LogP contribution in [0.4, 0.5) is 10.2 Å². The summed E-state index contributed by atoms with van der Waals surface area (Å²) in [6.07, 6.45) is 4.97. The third kappa shape index (κ3) is 4.88. The number of halogens is 1. The molecule has 3 aliphatic rings. The normalized spacial score (nSPS) is 23.3. The Morgan fingerprint density at radius 3 is 2.88 bits per heavy atom. The van der Waals surface area contributed by atoms with Gasteiger partial charge in [-0.25, -0.2) is 9.37 Å². The standard InChI is InChI=1S/C26H32FN5O2/c27-20-7-9-24-23(12-20)26(30-34-24)32-11-10-31-15-19(6-8-22(31)16-32)17-33-25-3-1-2-21(29-25)14-28-13-18-4-5-18/h1-3,7,9,12,18-19,22,28H,4-6,8,10-11,13-17H2. The number of hydrogen-bond donors (Lipinski definition) is 1. The van der Waals surface area contributed by atoms with E-state index in [1.807, 2.05) is 12.1 Å². The van der Waals surface area contributed by atoms with Crippen molar-refractivity contribution >= 4 is 16.8 Å². The molecule has 1 aliphatic carbocycles. The van der Waals surface area contributed by atoms with E-state index in [0.717, 1.165) is 80.8 Å². The number of hydrogen-bond acceptors (Lipinski definition) is 7. The Labute approximate surface area is 199 Å². The zero-order chi connectivity index (χ0) is 22.9. The van der Waals surface area contributed by atoms with Crippen LogP contribution in [0.15, 0.2) is 40.9 Å². The smallest absolute Gasteiger partial charge is 0.213 e. The van der Waals surface area contributed by atoms with Crippen molar-refractivity contribution in [2.75, 3.05) is 44.2 Å². The van der Waals surface area contributed by atoms with Gasteiger partial charge in [-0.2, -0.15) is 0 Å². The fraction of sp³-hybridized carbons (Fsp3) is 0.538. The molecular weight excluding hydrogens is 433 g/mol. The van der Waals surface area contributed by atoms with Crippen LogP contribution in [0, 0.1) is 17.7 Å². The molecule has 1 saturated carbocycles. The minimum absolute atomic E-state index is 0.259. The second-order valence-corrected chi connectivity index (χ2v) is 10.0. The number of piperidine rings is 1. The Hall–Kier alpha value is -2.71. The van der Waals surface area contributed by atoms with Gasteiger partial charge >= 0.3 is 0 Å². The highest BCUT2D eigenvalue weighted by molar-refractivity contribution is 5.88. The van der Waals surface area contributed by atoms with E-state index in [-0.39, 0.29) is 5.82 Å². The highest BCUT2D eigenvalue weighted by Gasteiger charge is 2.34. The summed E-state index contributed by atoms with van der Waals surface area (Å²) in [6, 6.07) is 11.1. The molecule has 0 radical (unpaired) electrons. The third-order valence-electron chi connectivity index (χ3n) is 7.40. The summed E-state index contributed by atoms with van der Waals surface area (Å²) >= 11 is 0. The third-order valence-corrected chi connectivity index (χ3v) is 7.40. The summed E-state index contributed by atoms with van der Waals surface area (Å²) in [7, 11) is 0. The summed E-state index contributed by atoms with van der Waals surface area (Å²) in [4.78, 5) is 9.50. The number of pyridine rings is 1. The van der Waals surface area contributed by atoms with Crippen LogP contribution in [0.3, 0.4) is 0 Å². The number of rotatable bonds is 8. The first-order chi connectivity index (χ1) is 16.7. The number of nitrogens with zero attached hydrogens (tertiary/aromatic N) is 4. The highest BCUT2D eigenvalue weighted by atomic mass is 19.1. The maximum absolute atomic E-state index is 13.8. The fourth-order valence-corrected chi connectivity index (χ4v) is 5.28. The van der Waals surface area contributed by atoms with Crippen LogP contribution in [0.5, 0.6) is 5.88 Å². The van der Waals surface area contributed by atoms with Crippen LogP contribution in [0.2, 0.25) is 0 Å². The molecule has 7 nitrogen and oxygen atoms in total. The SMILES string of the molecule is Fc1ccc2onc(N3CCN4CC(COc5cccc(CNCC6CC6)n5)CCC4C3)c2c1. The molecule has 34 heavy (non-hydrogen) atoms. The second-order valence-electron chi connectivity index (χ2n) is 10.0. The van der Waals surface area contributed by atoms with Crippen molar-refractivity contribution in [3.8, 4) is 5.88 Å². The predicted molar refractivity (Wildman–Crippen MR) is 128 cm³/mol. The van der Waals surface area contributed by atoms with Crippen molar-refractivity contribution in [3.63, 3.8) is 0 Å². The maximum Gasteiger partial charge on any atom is 0.213 e. The minimum atomic E-state index is -0.259. The molecule has 8 heteroatoms. The molecule has 3 fully saturated rings. The van der Waals surface area contributed by atoms with E-state index in [2.05, 4.69) is 31.3 Å². The second kappa shape index (κ2) is 9.50. The zero-order valence-corrected chi connectivity index (χ0v) is 19.5. The Balaban J connectivity index is 1.01. The largest absolute Gasteiger partial charge is 0.477 e. The molecule has 1 aromatic carbocycles. The first-order valence-electron chi connectivity index (χ1n) is 12.5. The Bertz CT molecular complexity index is 1130. The molecule has 2 saturated heterocycles. The Kier molecular flexibility index (Phi) is 6.09. The zero-order valence-electron chi connectivity index (χ0n) is 19.5. The molecule has 2 aromatic heterocycles. The molecule has 2 atom stereocenters. The summed E-state index contributed by atoms with van der Waals surface area (Å²) in [5.41, 5.74) is 1.68. The predicted octanol–water partition coefficient (Wildman–Crippen LogP) is 3.84. The average Bonchev–Trinajstić information content (AvgIpc) is 3.59. The van der Waals surface area contributed by atoms with E-state index in [0.29, 0.717) is 24.1 Å². The van der Waals surface area contributed by atoms with Crippen LogP contribution in [-0.2, 0) is 6.54 Å². The van der Waals surface area contributed by atoms with Gasteiger partial charge in [0.15, 0.2) is 11.4 Å². The maximum atomic E-state index is 13.8. The molecule has 0 spiro atoms. The molecule has 0 amide bonds. The number of ether oxygens (including phenoxy) is 1. The number of piperazine rings is 1. The van der Waals surface area contributed by atoms with Gasteiger partial charge in [0, 0.05) is 50.7 Å². The number of benzene rings is 1. The van der Waals surface area contributed by atoms with E-state index in [1.54, 1.807) is 6.07 Å². The molecular formula is C26H32FN5O2. The number of nitrogens with one attached hydrogen (secondary N) is 1. The van der Waals surface area contributed by atoms with Gasteiger partial charge in [-0.05, 0) is 62.4 Å². The van der Waals surface area contributed by atoms with Gasteiger partial charge in [-0.1, -0.05) is 11.2 Å². The number of fused-ring (bicyclic) bond motifs is 2. The van der Waals surface area contributed by atoms with Crippen LogP contribution in [0.25, 0.3) is 11.0 Å². The van der Waals surface area contributed by atoms with E-state index in [4.69, 9.17) is 9.26 Å². The Morgan fingerprint density at radius 2 is 1.97 bits per heavy atom. The van der Waals surface area contributed by atoms with Crippen molar-refractivity contribution in [3.05, 3.63) is 47.9 Å². The van der Waals surface area contributed by atoms with Crippen molar-refractivity contribution in [2.24, 2.45) is 11.8 Å². The molecule has 2 unspecified atom stereocenters. The lowest BCUT2D eigenvalue weighted by Gasteiger charge is -2.46. The van der Waals surface area contributed by atoms with Gasteiger partial charge in [0.1, 0.15) is 5.82 Å². The molecule has 1 N–H and O–H groups in total. The molecule has 180 valence electrons. The van der Waals surface area contributed by atoms with E-state index in [1.165, 1.54) is 25.0 Å². The van der Waals surface area contributed by atoms with Gasteiger partial charge in [-0.3, -0.25) is 4.90 Å². The molecule has 2 aliphatic heterocycles. The van der Waals surface area contributed by atoms with Crippen molar-refractivity contribution in [2.45, 2.75) is 38.3 Å². The number of aromatic nitrogens is 2. The van der Waals surface area contributed by atoms with Gasteiger partial charge in [0.05, 0.1) is 17.7 Å². The van der Waals surface area contributed by atoms with Crippen molar-refractivity contribution in [1.82, 2.24) is 20.4 Å². The first kappa shape index (κ1) is 21.8. The van der Waals surface area contributed by atoms with Gasteiger partial charge in [0.2, 0.25) is 5.88 Å². The highest BCUT2D eigenvalue weighted by Crippen LogP contribution is 2.32. The summed E-state index contributed by atoms with van der Waals surface area (Å²) in [6.45, 7) is 6.35. The molecule has 0 bridgehead atoms. The van der Waals surface area contributed by atoms with Crippen LogP contribution in [-0.4, -0.2) is 60.4 Å². The average molecular weight is 466 g/mol. The lowest BCUT2D eigenvalue weighted by Crippen LogP contribution is -2.57. The molecule has 3 aromatic rings. The summed E-state index contributed by atoms with van der Waals surface area (Å²) in [5.74, 6) is 2.60. The Morgan fingerprint density at radius 1 is 1.06 bits per heavy atom. The van der Waals surface area contributed by atoms with E-state index >= 15 is 0 Å². The van der Waals surface area contributed by atoms with Crippen LogP contribution in [0.1, 0.15) is 31.4 Å². The monoisotopic (exact) mass is 465 g/mol. The lowest BCUT2D eigenvalue weighted by atomic mass is 9.91. The van der Waals surface area contributed by atoms with Gasteiger partial charge in [-0.15, -0.1) is 0 Å². The topological polar surface area (TPSA) is 66.7 Å². The van der Waals surface area contributed by atoms with Gasteiger partial charge < -0.3 is 19.5 Å². The van der Waals surface area contributed by atoms with Crippen LogP contribution < -0.4 is 15.0 Å². The van der Waals surface area contributed by atoms with Gasteiger partial charge in [0.25, 0.3) is 0 Å². The quantitative estimate of drug-likeness (QED) is 0.542. The summed E-state index contributed by atoms with van der Waals surface area (Å²) < 4.78 is 25.3. The fourth-order valence-electron chi connectivity index (χ4n) is 5.28. The molecule has 4 heterocycles. The van der Waals surface area contributed by atoms with E-state index < -0.39 is 0 Å². The number of anilines is 1. The molecule has 6 rings (SSSR count). The summed E-state index contributed by atoms with van der Waals surface area (Å²) in [5, 5.41) is 8.50. The lowest BCUT2D eigenvalue weighted by molar-refractivity contribution is 0.0716. The van der Waals surface area contributed by atoms with Crippen LogP contribution >= 0.6 is 0 Å².